The van der Waals surface area contributed by atoms with Gasteiger partial charge in [0, 0.05) is 37.8 Å². The highest BCUT2D eigenvalue weighted by atomic mass is 32.2. The number of pyridine rings is 1. The van der Waals surface area contributed by atoms with Gasteiger partial charge in [0.05, 0.1) is 5.69 Å². The number of hydrogen-bond donors (Lipinski definition) is 1. The molecule has 126 valence electrons. The predicted molar refractivity (Wildman–Crippen MR) is 88.6 cm³/mol. The van der Waals surface area contributed by atoms with Crippen LogP contribution in [0.4, 0.5) is 0 Å². The van der Waals surface area contributed by atoms with Gasteiger partial charge in [0.1, 0.15) is 4.90 Å². The van der Waals surface area contributed by atoms with Crippen molar-refractivity contribution in [3.05, 3.63) is 18.0 Å². The lowest BCUT2D eigenvalue weighted by Gasteiger charge is -2.16. The van der Waals surface area contributed by atoms with E-state index in [9.17, 15) is 8.42 Å². The number of nitrogens with one attached hydrogen (secondary N) is 1. The van der Waals surface area contributed by atoms with Gasteiger partial charge >= 0.3 is 0 Å². The van der Waals surface area contributed by atoms with Gasteiger partial charge in [-0.05, 0) is 25.5 Å². The molecule has 2 aromatic heterocycles. The molecule has 0 saturated carbocycles. The molecule has 1 N–H and O–H groups in total. The molecule has 3 heterocycles. The quantitative estimate of drug-likeness (QED) is 0.896. The summed E-state index contributed by atoms with van der Waals surface area (Å²) in [5.74, 6) is 0.293. The van der Waals surface area contributed by atoms with Crippen molar-refractivity contribution in [2.45, 2.75) is 31.7 Å². The van der Waals surface area contributed by atoms with Crippen LogP contribution < -0.4 is 4.72 Å². The minimum atomic E-state index is -3.58. The van der Waals surface area contributed by atoms with Gasteiger partial charge in [-0.3, -0.25) is 4.68 Å². The molecule has 0 radical (unpaired) electrons. The van der Waals surface area contributed by atoms with Crippen LogP contribution in [0, 0.1) is 12.8 Å². The largest absolute Gasteiger partial charge is 0.302 e. The van der Waals surface area contributed by atoms with Gasteiger partial charge in [-0.25, -0.2) is 18.1 Å². The number of aromatic nitrogens is 3. The molecule has 3 rings (SSSR count). The number of nitrogens with zero attached hydrogens (tertiary/aromatic N) is 4. The first-order valence-corrected chi connectivity index (χ1v) is 9.34. The third-order valence-electron chi connectivity index (χ3n) is 4.59. The zero-order valence-corrected chi connectivity index (χ0v) is 14.8. The van der Waals surface area contributed by atoms with Gasteiger partial charge in [-0.1, -0.05) is 13.8 Å². The first kappa shape index (κ1) is 16.4. The van der Waals surface area contributed by atoms with Gasteiger partial charge < -0.3 is 4.90 Å². The lowest BCUT2D eigenvalue weighted by molar-refractivity contribution is 0.344. The maximum absolute atomic E-state index is 12.7. The zero-order valence-electron chi connectivity index (χ0n) is 13.9. The Morgan fingerprint density at radius 1 is 1.39 bits per heavy atom. The smallest absolute Gasteiger partial charge is 0.242 e. The van der Waals surface area contributed by atoms with Gasteiger partial charge in [0.25, 0.3) is 0 Å². The predicted octanol–water partition coefficient (Wildman–Crippen LogP) is 0.895. The maximum atomic E-state index is 12.7. The summed E-state index contributed by atoms with van der Waals surface area (Å²) in [4.78, 5) is 6.72. The average molecular weight is 337 g/mol. The number of aryl methyl sites for hydroxylation is 2. The van der Waals surface area contributed by atoms with Crippen LogP contribution in [0.5, 0.6) is 0 Å². The van der Waals surface area contributed by atoms with Gasteiger partial charge in [0.2, 0.25) is 10.0 Å². The molecular weight excluding hydrogens is 314 g/mol. The SMILES string of the molecule is CCN1C[C@H](C)[C@H](NS(=O)(=O)c2cnc3c(c2)c(C)nn3C)C1. The molecule has 23 heavy (non-hydrogen) atoms. The average Bonchev–Trinajstić information content (AvgIpc) is 2.99. The van der Waals surface area contributed by atoms with E-state index in [4.69, 9.17) is 0 Å². The Morgan fingerprint density at radius 2 is 2.13 bits per heavy atom. The van der Waals surface area contributed by atoms with Crippen LogP contribution in [-0.2, 0) is 17.1 Å². The second kappa shape index (κ2) is 5.85. The molecule has 0 aliphatic carbocycles. The van der Waals surface area contributed by atoms with E-state index in [1.165, 1.54) is 6.20 Å². The number of sulfonamides is 1. The monoisotopic (exact) mass is 337 g/mol. The zero-order chi connectivity index (χ0) is 16.8. The van der Waals surface area contributed by atoms with E-state index in [2.05, 4.69) is 33.6 Å². The van der Waals surface area contributed by atoms with Crippen LogP contribution in [0.1, 0.15) is 19.5 Å². The fourth-order valence-electron chi connectivity index (χ4n) is 3.18. The summed E-state index contributed by atoms with van der Waals surface area (Å²) in [6.07, 6.45) is 1.41. The number of likely N-dealkylation sites (N-methyl/N-ethyl adjacent to an activating group) is 1. The Bertz CT molecular complexity index is 830. The lowest BCUT2D eigenvalue weighted by atomic mass is 10.1. The standard InChI is InChI=1S/C15H23N5O2S/c1-5-20-8-10(2)14(9-20)18-23(21,22)12-6-13-11(3)17-19(4)15(13)16-7-12/h6-7,10,14,18H,5,8-9H2,1-4H3/t10-,14+/m0/s1. The minimum absolute atomic E-state index is 0.0642. The fourth-order valence-corrected chi connectivity index (χ4v) is 4.49. The molecule has 0 bridgehead atoms. The summed E-state index contributed by atoms with van der Waals surface area (Å²) in [5.41, 5.74) is 1.46. The normalized spacial score (nSPS) is 23.0. The molecule has 1 aliphatic heterocycles. The second-order valence-electron chi connectivity index (χ2n) is 6.31. The van der Waals surface area contributed by atoms with E-state index in [1.807, 2.05) is 6.92 Å². The van der Waals surface area contributed by atoms with Crippen LogP contribution in [0.2, 0.25) is 0 Å². The van der Waals surface area contributed by atoms with E-state index in [1.54, 1.807) is 17.8 Å². The number of rotatable bonds is 4. The molecule has 8 heteroatoms. The summed E-state index contributed by atoms with van der Waals surface area (Å²) in [7, 11) is -1.78. The molecule has 1 fully saturated rings. The van der Waals surface area contributed by atoms with E-state index >= 15 is 0 Å². The van der Waals surface area contributed by atoms with Gasteiger partial charge in [-0.15, -0.1) is 0 Å². The topological polar surface area (TPSA) is 80.1 Å². The molecule has 2 atom stereocenters. The Labute approximate surface area is 136 Å². The molecule has 1 aliphatic rings. The van der Waals surface area contributed by atoms with Crippen molar-refractivity contribution < 1.29 is 8.42 Å². The van der Waals surface area contributed by atoms with Crippen LogP contribution in [0.3, 0.4) is 0 Å². The van der Waals surface area contributed by atoms with Crippen LogP contribution in [-0.4, -0.2) is 53.8 Å². The van der Waals surface area contributed by atoms with Crippen molar-refractivity contribution >= 4 is 21.1 Å². The van der Waals surface area contributed by atoms with E-state index in [0.29, 0.717) is 11.6 Å². The van der Waals surface area contributed by atoms with Crippen molar-refractivity contribution in [3.8, 4) is 0 Å². The summed E-state index contributed by atoms with van der Waals surface area (Å²) in [6.45, 7) is 8.63. The molecule has 1 saturated heterocycles. The third kappa shape index (κ3) is 2.98. The second-order valence-corrected chi connectivity index (χ2v) is 8.02. The van der Waals surface area contributed by atoms with Crippen molar-refractivity contribution in [2.24, 2.45) is 13.0 Å². The first-order chi connectivity index (χ1) is 10.8. The van der Waals surface area contributed by atoms with E-state index < -0.39 is 10.0 Å². The van der Waals surface area contributed by atoms with Gasteiger partial charge in [-0.2, -0.15) is 5.10 Å². The molecule has 7 nitrogen and oxygen atoms in total. The summed E-state index contributed by atoms with van der Waals surface area (Å²) in [6, 6.07) is 1.59. The van der Waals surface area contributed by atoms with Crippen LogP contribution in [0.25, 0.3) is 11.0 Å². The fraction of sp³-hybridized carbons (Fsp3) is 0.600. The van der Waals surface area contributed by atoms with Crippen molar-refractivity contribution in [1.82, 2.24) is 24.4 Å². The summed E-state index contributed by atoms with van der Waals surface area (Å²) < 4.78 is 29.9. The summed E-state index contributed by atoms with van der Waals surface area (Å²) >= 11 is 0. The highest BCUT2D eigenvalue weighted by Crippen LogP contribution is 2.22. The van der Waals surface area contributed by atoms with Crippen molar-refractivity contribution in [3.63, 3.8) is 0 Å². The molecule has 0 aromatic carbocycles. The molecule has 0 amide bonds. The molecule has 2 aromatic rings. The number of likely N-dealkylation sites (tertiary alicyclic amines) is 1. The van der Waals surface area contributed by atoms with E-state index in [0.717, 1.165) is 30.7 Å². The van der Waals surface area contributed by atoms with Crippen molar-refractivity contribution in [1.29, 1.82) is 0 Å². The Hall–Kier alpha value is -1.51. The Kier molecular flexibility index (Phi) is 4.16. The lowest BCUT2D eigenvalue weighted by Crippen LogP contribution is -2.39. The Morgan fingerprint density at radius 3 is 2.78 bits per heavy atom. The highest BCUT2D eigenvalue weighted by molar-refractivity contribution is 7.89. The first-order valence-electron chi connectivity index (χ1n) is 7.86. The van der Waals surface area contributed by atoms with Gasteiger partial charge in [0.15, 0.2) is 5.65 Å². The number of hydrogen-bond acceptors (Lipinski definition) is 5. The van der Waals surface area contributed by atoms with Crippen molar-refractivity contribution in [2.75, 3.05) is 19.6 Å². The van der Waals surface area contributed by atoms with Crippen LogP contribution in [0.15, 0.2) is 17.2 Å². The maximum Gasteiger partial charge on any atom is 0.242 e. The third-order valence-corrected chi connectivity index (χ3v) is 6.05. The van der Waals surface area contributed by atoms with Crippen LogP contribution >= 0.6 is 0 Å². The van der Waals surface area contributed by atoms with E-state index in [-0.39, 0.29) is 10.9 Å². The molecular formula is C15H23N5O2S. The highest BCUT2D eigenvalue weighted by Gasteiger charge is 2.32. The number of fused-ring (bicyclic) bond motifs is 1. The summed E-state index contributed by atoms with van der Waals surface area (Å²) in [5, 5.41) is 5.05. The molecule has 0 spiro atoms. The Balaban J connectivity index is 1.89. The minimum Gasteiger partial charge on any atom is -0.302 e. The molecule has 0 unspecified atom stereocenters.